The van der Waals surface area contributed by atoms with Gasteiger partial charge < -0.3 is 14.5 Å². The summed E-state index contributed by atoms with van der Waals surface area (Å²) in [4.78, 5) is 23.9. The Morgan fingerprint density at radius 3 is 2.52 bits per heavy atom. The Kier molecular flexibility index (Phi) is 5.48. The molecule has 140 valence electrons. The number of rotatable bonds is 2. The van der Waals surface area contributed by atoms with Crippen LogP contribution < -0.4 is 4.90 Å². The lowest BCUT2D eigenvalue weighted by Crippen LogP contribution is -2.55. The first-order chi connectivity index (χ1) is 11.4. The highest BCUT2D eigenvalue weighted by molar-refractivity contribution is 7.90. The van der Waals surface area contributed by atoms with Gasteiger partial charge in [0, 0.05) is 31.9 Å². The quantitative estimate of drug-likeness (QED) is 0.712. The van der Waals surface area contributed by atoms with Crippen molar-refractivity contribution in [3.63, 3.8) is 0 Å². The Morgan fingerprint density at radius 1 is 1.36 bits per heavy atom. The van der Waals surface area contributed by atoms with Crippen LogP contribution in [0.25, 0.3) is 0 Å². The van der Waals surface area contributed by atoms with Crippen LogP contribution in [-0.4, -0.2) is 66.9 Å². The minimum atomic E-state index is -3.55. The van der Waals surface area contributed by atoms with Crippen molar-refractivity contribution in [2.24, 2.45) is 0 Å². The highest BCUT2D eigenvalue weighted by atomic mass is 35.5. The number of sulfone groups is 1. The van der Waals surface area contributed by atoms with Crippen LogP contribution in [0.4, 0.5) is 10.7 Å². The van der Waals surface area contributed by atoms with Gasteiger partial charge in [-0.25, -0.2) is 18.2 Å². The summed E-state index contributed by atoms with van der Waals surface area (Å²) in [5, 5.41) is -0.202. The summed E-state index contributed by atoms with van der Waals surface area (Å²) in [5.41, 5.74) is -0.554. The number of piperazine rings is 1. The molecule has 0 radical (unpaired) electrons. The summed E-state index contributed by atoms with van der Waals surface area (Å²) < 4.78 is 29.0. The summed E-state index contributed by atoms with van der Waals surface area (Å²) in [6.45, 7) is 8.69. The maximum Gasteiger partial charge on any atom is 0.410 e. The fourth-order valence-corrected chi connectivity index (χ4v) is 3.65. The van der Waals surface area contributed by atoms with Gasteiger partial charge in [-0.1, -0.05) is 11.6 Å². The van der Waals surface area contributed by atoms with Gasteiger partial charge in [-0.2, -0.15) is 4.98 Å². The Labute approximate surface area is 153 Å². The molecule has 1 aromatic heterocycles. The summed E-state index contributed by atoms with van der Waals surface area (Å²) in [6.07, 6.45) is 1.97. The van der Waals surface area contributed by atoms with E-state index in [0.717, 1.165) is 6.26 Å². The Hall–Kier alpha value is -1.61. The standard InChI is InChI=1S/C15H23ClN4O4S/c1-10-9-19(14(21)24-15(2,3)4)6-7-20(10)13-17-8-11(16)12(18-13)25(5,22)23/h8,10H,6-7,9H2,1-5H3. The van der Waals surface area contributed by atoms with E-state index in [2.05, 4.69) is 9.97 Å². The lowest BCUT2D eigenvalue weighted by atomic mass is 10.2. The van der Waals surface area contributed by atoms with Crippen molar-refractivity contribution in [1.29, 1.82) is 0 Å². The lowest BCUT2D eigenvalue weighted by Gasteiger charge is -2.40. The molecule has 0 aliphatic carbocycles. The highest BCUT2D eigenvalue weighted by Gasteiger charge is 2.31. The van der Waals surface area contributed by atoms with Gasteiger partial charge in [0.05, 0.1) is 11.2 Å². The van der Waals surface area contributed by atoms with Crippen molar-refractivity contribution in [3.05, 3.63) is 11.2 Å². The number of hydrogen-bond donors (Lipinski definition) is 0. The Balaban J connectivity index is 2.16. The van der Waals surface area contributed by atoms with Crippen molar-refractivity contribution in [2.75, 3.05) is 30.8 Å². The molecule has 0 saturated carbocycles. The van der Waals surface area contributed by atoms with Crippen molar-refractivity contribution in [1.82, 2.24) is 14.9 Å². The molecule has 1 unspecified atom stereocenters. The highest BCUT2D eigenvalue weighted by Crippen LogP contribution is 2.23. The summed E-state index contributed by atoms with van der Waals surface area (Å²) in [5.74, 6) is 0.279. The second kappa shape index (κ2) is 6.95. The van der Waals surface area contributed by atoms with E-state index < -0.39 is 15.4 Å². The van der Waals surface area contributed by atoms with Crippen molar-refractivity contribution in [3.8, 4) is 0 Å². The third-order valence-electron chi connectivity index (χ3n) is 3.59. The first-order valence-electron chi connectivity index (χ1n) is 7.85. The smallest absolute Gasteiger partial charge is 0.410 e. The zero-order valence-corrected chi connectivity index (χ0v) is 16.6. The minimum absolute atomic E-state index is 0.00806. The van der Waals surface area contributed by atoms with E-state index in [1.807, 2.05) is 32.6 Å². The van der Waals surface area contributed by atoms with Crippen LogP contribution in [0.2, 0.25) is 5.02 Å². The van der Waals surface area contributed by atoms with Crippen LogP contribution in [0.1, 0.15) is 27.7 Å². The zero-order chi connectivity index (χ0) is 19.0. The molecule has 10 heteroatoms. The molecule has 1 aromatic rings. The number of ether oxygens (including phenoxy) is 1. The molecule has 1 atom stereocenters. The molecular weight excluding hydrogens is 368 g/mol. The molecule has 8 nitrogen and oxygen atoms in total. The predicted molar refractivity (Wildman–Crippen MR) is 94.8 cm³/mol. The van der Waals surface area contributed by atoms with Crippen molar-refractivity contribution >= 4 is 33.5 Å². The number of carbonyl (C=O) groups is 1. The number of anilines is 1. The molecule has 0 aromatic carbocycles. The fraction of sp³-hybridized carbons (Fsp3) is 0.667. The normalized spacial score (nSPS) is 19.0. The van der Waals surface area contributed by atoms with Crippen molar-refractivity contribution in [2.45, 2.75) is 44.4 Å². The van der Waals surface area contributed by atoms with E-state index >= 15 is 0 Å². The van der Waals surface area contributed by atoms with Gasteiger partial charge in [0.25, 0.3) is 0 Å². The largest absolute Gasteiger partial charge is 0.444 e. The Morgan fingerprint density at radius 2 is 2.00 bits per heavy atom. The fourth-order valence-electron chi connectivity index (χ4n) is 2.49. The third kappa shape index (κ3) is 4.94. The van der Waals surface area contributed by atoms with E-state index in [1.165, 1.54) is 6.20 Å². The topological polar surface area (TPSA) is 92.7 Å². The first-order valence-corrected chi connectivity index (χ1v) is 10.1. The zero-order valence-electron chi connectivity index (χ0n) is 15.0. The molecule has 1 saturated heterocycles. The minimum Gasteiger partial charge on any atom is -0.444 e. The Bertz CT molecular complexity index is 763. The maximum absolute atomic E-state index is 12.2. The third-order valence-corrected chi connectivity index (χ3v) is 4.99. The van der Waals surface area contributed by atoms with Crippen LogP contribution >= 0.6 is 11.6 Å². The predicted octanol–water partition coefficient (Wildman–Crippen LogP) is 1.98. The van der Waals surface area contributed by atoms with Gasteiger partial charge in [0.2, 0.25) is 5.95 Å². The second-order valence-electron chi connectivity index (χ2n) is 7.06. The molecule has 2 rings (SSSR count). The van der Waals surface area contributed by atoms with E-state index in [1.54, 1.807) is 4.90 Å². The molecule has 0 N–H and O–H groups in total. The van der Waals surface area contributed by atoms with Gasteiger partial charge in [0.15, 0.2) is 14.9 Å². The lowest BCUT2D eigenvalue weighted by molar-refractivity contribution is 0.0218. The average Bonchev–Trinajstić information content (AvgIpc) is 2.45. The van der Waals surface area contributed by atoms with Crippen LogP contribution in [0, 0.1) is 0 Å². The number of halogens is 1. The molecule has 1 amide bonds. The molecule has 25 heavy (non-hydrogen) atoms. The number of nitrogens with zero attached hydrogens (tertiary/aromatic N) is 4. The van der Waals surface area contributed by atoms with E-state index in [-0.39, 0.29) is 28.1 Å². The van der Waals surface area contributed by atoms with Crippen LogP contribution in [0.5, 0.6) is 0 Å². The van der Waals surface area contributed by atoms with E-state index in [0.29, 0.717) is 19.6 Å². The molecule has 1 fully saturated rings. The molecule has 0 bridgehead atoms. The summed E-state index contributed by atoms with van der Waals surface area (Å²) in [6, 6.07) is -0.102. The molecule has 2 heterocycles. The number of amides is 1. The van der Waals surface area contributed by atoms with E-state index in [9.17, 15) is 13.2 Å². The molecule has 0 spiro atoms. The van der Waals surface area contributed by atoms with Crippen LogP contribution in [-0.2, 0) is 14.6 Å². The maximum atomic E-state index is 12.2. The SMILES string of the molecule is CC1CN(C(=O)OC(C)(C)C)CCN1c1ncc(Cl)c(S(C)(=O)=O)n1. The average molecular weight is 391 g/mol. The van der Waals surface area contributed by atoms with Gasteiger partial charge in [0.1, 0.15) is 5.60 Å². The summed E-state index contributed by atoms with van der Waals surface area (Å²) >= 11 is 5.89. The van der Waals surface area contributed by atoms with E-state index in [4.69, 9.17) is 16.3 Å². The second-order valence-corrected chi connectivity index (χ2v) is 9.40. The first kappa shape index (κ1) is 19.7. The van der Waals surface area contributed by atoms with Gasteiger partial charge in [-0.05, 0) is 27.7 Å². The number of aromatic nitrogens is 2. The van der Waals surface area contributed by atoms with Gasteiger partial charge >= 0.3 is 6.09 Å². The monoisotopic (exact) mass is 390 g/mol. The molecular formula is C15H23ClN4O4S. The van der Waals surface area contributed by atoms with Crippen LogP contribution in [0.15, 0.2) is 11.2 Å². The van der Waals surface area contributed by atoms with Gasteiger partial charge in [-0.3, -0.25) is 0 Å². The number of carbonyl (C=O) groups excluding carboxylic acids is 1. The van der Waals surface area contributed by atoms with Crippen molar-refractivity contribution < 1.29 is 17.9 Å². The molecule has 1 aliphatic rings. The van der Waals surface area contributed by atoms with Crippen LogP contribution in [0.3, 0.4) is 0 Å². The number of hydrogen-bond acceptors (Lipinski definition) is 7. The molecule has 1 aliphatic heterocycles. The van der Waals surface area contributed by atoms with Gasteiger partial charge in [-0.15, -0.1) is 0 Å². The summed E-state index contributed by atoms with van der Waals surface area (Å²) in [7, 11) is -3.55.